The Bertz CT molecular complexity index is 1330. The molecule has 9 heteroatoms. The lowest BCUT2D eigenvalue weighted by Gasteiger charge is -2.12. The van der Waals surface area contributed by atoms with Crippen molar-refractivity contribution in [3.8, 4) is 17.1 Å². The molecule has 1 aromatic carbocycles. The minimum absolute atomic E-state index is 0.547. The smallest absolute Gasteiger partial charge is 0.182 e. The number of hydrogen-bond acceptors (Lipinski definition) is 7. The summed E-state index contributed by atoms with van der Waals surface area (Å²) < 4.78 is 2.73. The molecule has 0 fully saturated rings. The van der Waals surface area contributed by atoms with E-state index in [4.69, 9.17) is 21.6 Å². The molecule has 0 aliphatic heterocycles. The van der Waals surface area contributed by atoms with E-state index in [1.165, 1.54) is 11.3 Å². The minimum atomic E-state index is 0.547. The van der Waals surface area contributed by atoms with Crippen LogP contribution < -0.4 is 5.32 Å². The Hall–Kier alpha value is -3.36. The maximum absolute atomic E-state index is 6.46. The van der Waals surface area contributed by atoms with Gasteiger partial charge >= 0.3 is 0 Å². The largest absolute Gasteiger partial charge is 0.363 e. The Morgan fingerprint density at radius 3 is 2.87 bits per heavy atom. The number of aryl methyl sites for hydroxylation is 1. The number of rotatable bonds is 5. The number of thiazole rings is 1. The maximum atomic E-state index is 6.46. The van der Waals surface area contributed by atoms with Gasteiger partial charge in [0.2, 0.25) is 0 Å². The summed E-state index contributed by atoms with van der Waals surface area (Å²) in [4.78, 5) is 18.1. The molecular weight excluding hydrogens is 418 g/mol. The summed E-state index contributed by atoms with van der Waals surface area (Å²) in [5.41, 5.74) is 5.95. The van der Waals surface area contributed by atoms with Gasteiger partial charge < -0.3 is 5.32 Å². The molecule has 0 bridgehead atoms. The number of aromatic nitrogens is 6. The van der Waals surface area contributed by atoms with Gasteiger partial charge in [-0.05, 0) is 37.3 Å². The number of hydrogen-bond donors (Lipinski definition) is 1. The van der Waals surface area contributed by atoms with Crippen LogP contribution in [0, 0.1) is 6.92 Å². The molecule has 1 N–H and O–H groups in total. The van der Waals surface area contributed by atoms with E-state index in [1.807, 2.05) is 49.5 Å². The van der Waals surface area contributed by atoms with Crippen molar-refractivity contribution in [3.63, 3.8) is 0 Å². The number of halogens is 1. The molecule has 0 aliphatic carbocycles. The molecule has 148 valence electrons. The summed E-state index contributed by atoms with van der Waals surface area (Å²) in [5.74, 6) is 1.26. The second kappa shape index (κ2) is 7.81. The number of benzene rings is 1. The van der Waals surface area contributed by atoms with Crippen LogP contribution in [0.4, 0.5) is 5.82 Å². The van der Waals surface area contributed by atoms with Gasteiger partial charge in [-0.2, -0.15) is 5.10 Å². The number of anilines is 1. The highest BCUT2D eigenvalue weighted by atomic mass is 35.5. The molecule has 0 atom stereocenters. The van der Waals surface area contributed by atoms with E-state index in [-0.39, 0.29) is 0 Å². The third-order valence-corrected chi connectivity index (χ3v) is 5.60. The first-order chi connectivity index (χ1) is 14.7. The predicted octanol–water partition coefficient (Wildman–Crippen LogP) is 4.91. The van der Waals surface area contributed by atoms with E-state index in [9.17, 15) is 0 Å². The number of nitrogens with one attached hydrogen (secondary N) is 1. The summed E-state index contributed by atoms with van der Waals surface area (Å²) in [6.45, 7) is 2.48. The molecule has 0 saturated carbocycles. The zero-order valence-electron chi connectivity index (χ0n) is 16.0. The first-order valence-corrected chi connectivity index (χ1v) is 10.5. The van der Waals surface area contributed by atoms with Gasteiger partial charge in [-0.25, -0.2) is 19.6 Å². The molecule has 5 aromatic rings. The highest BCUT2D eigenvalue weighted by Gasteiger charge is 2.16. The van der Waals surface area contributed by atoms with Gasteiger partial charge in [-0.15, -0.1) is 11.3 Å². The van der Waals surface area contributed by atoms with E-state index >= 15 is 0 Å². The molecule has 0 saturated heterocycles. The SMILES string of the molecule is Cc1ccn(-c2nc(NCc3ccccn3)cnc2-c2cc(Cl)c3ncsc3c2)n1. The van der Waals surface area contributed by atoms with E-state index in [2.05, 4.69) is 20.4 Å². The monoisotopic (exact) mass is 433 g/mol. The lowest BCUT2D eigenvalue weighted by molar-refractivity contribution is 0.826. The van der Waals surface area contributed by atoms with Crippen molar-refractivity contribution in [2.45, 2.75) is 13.5 Å². The summed E-state index contributed by atoms with van der Waals surface area (Å²) in [6, 6.07) is 11.6. The number of pyridine rings is 1. The number of fused-ring (bicyclic) bond motifs is 1. The first kappa shape index (κ1) is 18.7. The lowest BCUT2D eigenvalue weighted by atomic mass is 10.1. The molecule has 0 aliphatic rings. The van der Waals surface area contributed by atoms with E-state index in [0.717, 1.165) is 27.2 Å². The fourth-order valence-electron chi connectivity index (χ4n) is 3.11. The standard InChI is InChI=1S/C21H16ClN7S/c1-13-5-7-29(28-13)21-19(14-8-16(22)20-17(9-14)30-12-26-20)25-11-18(27-21)24-10-15-4-2-3-6-23-15/h2-9,11-12H,10H2,1H3,(H,24,27). The molecule has 0 radical (unpaired) electrons. The normalized spacial score (nSPS) is 11.1. The molecule has 7 nitrogen and oxygen atoms in total. The van der Waals surface area contributed by atoms with Crippen LogP contribution in [0.25, 0.3) is 27.3 Å². The van der Waals surface area contributed by atoms with Crippen LogP contribution in [-0.4, -0.2) is 29.7 Å². The maximum Gasteiger partial charge on any atom is 0.182 e. The Morgan fingerprint density at radius 2 is 2.07 bits per heavy atom. The second-order valence-corrected chi connectivity index (χ2v) is 7.95. The van der Waals surface area contributed by atoms with Gasteiger partial charge in [0.25, 0.3) is 0 Å². The molecule has 4 aromatic heterocycles. The molecule has 0 unspecified atom stereocenters. The van der Waals surface area contributed by atoms with Crippen LogP contribution in [0.1, 0.15) is 11.4 Å². The van der Waals surface area contributed by atoms with Gasteiger partial charge in [0, 0.05) is 18.0 Å². The van der Waals surface area contributed by atoms with Crippen molar-refractivity contribution < 1.29 is 0 Å². The Labute approximate surface area is 181 Å². The van der Waals surface area contributed by atoms with Crippen LogP contribution in [0.5, 0.6) is 0 Å². The van der Waals surface area contributed by atoms with Crippen molar-refractivity contribution in [2.75, 3.05) is 5.32 Å². The zero-order valence-corrected chi connectivity index (χ0v) is 17.5. The van der Waals surface area contributed by atoms with E-state index in [1.54, 1.807) is 22.6 Å². The fourth-order valence-corrected chi connectivity index (χ4v) is 4.17. The summed E-state index contributed by atoms with van der Waals surface area (Å²) in [5, 5.41) is 8.40. The van der Waals surface area contributed by atoms with Crippen LogP contribution >= 0.6 is 22.9 Å². The van der Waals surface area contributed by atoms with Gasteiger partial charge in [-0.3, -0.25) is 4.98 Å². The first-order valence-electron chi connectivity index (χ1n) is 9.24. The third-order valence-electron chi connectivity index (χ3n) is 4.53. The quantitative estimate of drug-likeness (QED) is 0.424. The van der Waals surface area contributed by atoms with E-state index < -0.39 is 0 Å². The summed E-state index contributed by atoms with van der Waals surface area (Å²) in [7, 11) is 0. The number of nitrogens with zero attached hydrogens (tertiary/aromatic N) is 6. The van der Waals surface area contributed by atoms with Crippen LogP contribution in [0.15, 0.2) is 60.5 Å². The predicted molar refractivity (Wildman–Crippen MR) is 119 cm³/mol. The van der Waals surface area contributed by atoms with Gasteiger partial charge in [0.15, 0.2) is 5.82 Å². The highest BCUT2D eigenvalue weighted by Crippen LogP contribution is 2.33. The molecule has 30 heavy (non-hydrogen) atoms. The van der Waals surface area contributed by atoms with Gasteiger partial charge in [0.1, 0.15) is 11.5 Å². The zero-order chi connectivity index (χ0) is 20.5. The fraction of sp³-hybridized carbons (Fsp3) is 0.0952. The molecular formula is C21H16ClN7S. The van der Waals surface area contributed by atoms with Crippen molar-refractivity contribution >= 4 is 39.0 Å². The minimum Gasteiger partial charge on any atom is -0.363 e. The Kier molecular flexibility index (Phi) is 4.86. The summed E-state index contributed by atoms with van der Waals surface area (Å²) in [6.07, 6.45) is 5.35. The molecule has 0 spiro atoms. The average molecular weight is 434 g/mol. The molecule has 4 heterocycles. The highest BCUT2D eigenvalue weighted by molar-refractivity contribution is 7.16. The van der Waals surface area contributed by atoms with Crippen molar-refractivity contribution in [2.24, 2.45) is 0 Å². The molecule has 0 amide bonds. The van der Waals surface area contributed by atoms with E-state index in [0.29, 0.717) is 28.9 Å². The van der Waals surface area contributed by atoms with Crippen molar-refractivity contribution in [3.05, 3.63) is 76.9 Å². The van der Waals surface area contributed by atoms with Gasteiger partial charge in [0.05, 0.1) is 44.9 Å². The Morgan fingerprint density at radius 1 is 1.13 bits per heavy atom. The second-order valence-electron chi connectivity index (χ2n) is 6.66. The third kappa shape index (κ3) is 3.62. The Balaban J connectivity index is 1.57. The van der Waals surface area contributed by atoms with Gasteiger partial charge in [-0.1, -0.05) is 17.7 Å². The summed E-state index contributed by atoms with van der Waals surface area (Å²) >= 11 is 8.00. The van der Waals surface area contributed by atoms with Crippen molar-refractivity contribution in [1.29, 1.82) is 0 Å². The lowest BCUT2D eigenvalue weighted by Crippen LogP contribution is -2.08. The molecule has 5 rings (SSSR count). The van der Waals surface area contributed by atoms with Crippen LogP contribution in [-0.2, 0) is 6.54 Å². The topological polar surface area (TPSA) is 81.4 Å². The van der Waals surface area contributed by atoms with Crippen molar-refractivity contribution in [1.82, 2.24) is 29.7 Å². The van der Waals surface area contributed by atoms with Crippen LogP contribution in [0.2, 0.25) is 5.02 Å². The van der Waals surface area contributed by atoms with Crippen LogP contribution in [0.3, 0.4) is 0 Å². The average Bonchev–Trinajstić information content (AvgIpc) is 3.42.